The minimum absolute atomic E-state index is 0.163. The van der Waals surface area contributed by atoms with Crippen LogP contribution in [-0.4, -0.2) is 92.7 Å². The summed E-state index contributed by atoms with van der Waals surface area (Å²) in [6.07, 6.45) is 4.46. The van der Waals surface area contributed by atoms with E-state index in [9.17, 15) is 13.2 Å². The molecular weight excluding hydrogens is 334 g/mol. The van der Waals surface area contributed by atoms with Crippen LogP contribution in [0.5, 0.6) is 0 Å². The van der Waals surface area contributed by atoms with Gasteiger partial charge in [-0.15, -0.1) is 0 Å². The van der Waals surface area contributed by atoms with Crippen LogP contribution in [0.2, 0.25) is 0 Å². The van der Waals surface area contributed by atoms with Crippen LogP contribution in [0.3, 0.4) is 0 Å². The molecule has 1 aromatic heterocycles. The molecule has 1 fully saturated rings. The molecule has 24 heavy (non-hydrogen) atoms. The highest BCUT2D eigenvalue weighted by atomic mass is 32.2. The van der Waals surface area contributed by atoms with Crippen molar-refractivity contribution in [3.63, 3.8) is 0 Å². The fraction of sp³-hybridized carbons (Fsp3) is 0.643. The number of nitrogens with zero attached hydrogens (tertiary/aromatic N) is 5. The molecule has 0 N–H and O–H groups in total. The maximum atomic E-state index is 12.4. The summed E-state index contributed by atoms with van der Waals surface area (Å²) < 4.78 is 29.6. The summed E-state index contributed by atoms with van der Waals surface area (Å²) in [6.45, 7) is 2.51. The number of ether oxygens (including phenoxy) is 1. The van der Waals surface area contributed by atoms with Crippen LogP contribution in [0.25, 0.3) is 0 Å². The molecule has 0 aliphatic carbocycles. The Hall–Kier alpha value is -1.78. The molecule has 2 heterocycles. The van der Waals surface area contributed by atoms with E-state index >= 15 is 0 Å². The third-order valence-electron chi connectivity index (χ3n) is 3.79. The van der Waals surface area contributed by atoms with Gasteiger partial charge in [-0.1, -0.05) is 0 Å². The van der Waals surface area contributed by atoms with Crippen molar-refractivity contribution in [2.24, 2.45) is 0 Å². The van der Waals surface area contributed by atoms with Crippen LogP contribution in [0, 0.1) is 0 Å². The second-order valence-electron chi connectivity index (χ2n) is 5.51. The smallest absolute Gasteiger partial charge is 0.238 e. The largest absolute Gasteiger partial charge is 0.383 e. The summed E-state index contributed by atoms with van der Waals surface area (Å²) in [6, 6.07) is 1.75. The first-order chi connectivity index (χ1) is 11.4. The van der Waals surface area contributed by atoms with Gasteiger partial charge < -0.3 is 14.5 Å². The zero-order chi connectivity index (χ0) is 17.6. The van der Waals surface area contributed by atoms with Gasteiger partial charge in [0.1, 0.15) is 0 Å². The number of rotatable bonds is 7. The summed E-state index contributed by atoms with van der Waals surface area (Å²) in [4.78, 5) is 24.5. The van der Waals surface area contributed by atoms with Crippen molar-refractivity contribution in [1.82, 2.24) is 19.2 Å². The van der Waals surface area contributed by atoms with Gasteiger partial charge in [-0.3, -0.25) is 4.79 Å². The summed E-state index contributed by atoms with van der Waals surface area (Å²) in [7, 11) is -1.96. The fourth-order valence-electron chi connectivity index (χ4n) is 2.42. The van der Waals surface area contributed by atoms with Crippen molar-refractivity contribution in [2.45, 2.75) is 0 Å². The molecular formula is C14H23N5O4S. The van der Waals surface area contributed by atoms with E-state index in [1.54, 1.807) is 23.4 Å². The minimum atomic E-state index is -3.45. The molecule has 0 spiro atoms. The zero-order valence-electron chi connectivity index (χ0n) is 14.0. The Morgan fingerprint density at radius 1 is 1.25 bits per heavy atom. The summed E-state index contributed by atoms with van der Waals surface area (Å²) in [5, 5.41) is 0. The Balaban J connectivity index is 1.89. The summed E-state index contributed by atoms with van der Waals surface area (Å²) >= 11 is 0. The predicted molar refractivity (Wildman–Crippen MR) is 89.1 cm³/mol. The molecule has 0 radical (unpaired) electrons. The predicted octanol–water partition coefficient (Wildman–Crippen LogP) is -0.967. The third kappa shape index (κ3) is 5.11. The average Bonchev–Trinajstić information content (AvgIpc) is 2.58. The first-order valence-corrected chi connectivity index (χ1v) is 9.50. The van der Waals surface area contributed by atoms with Crippen LogP contribution in [-0.2, 0) is 19.6 Å². The van der Waals surface area contributed by atoms with Gasteiger partial charge in [0.2, 0.25) is 21.9 Å². The minimum Gasteiger partial charge on any atom is -0.383 e. The highest BCUT2D eigenvalue weighted by Crippen LogP contribution is 2.10. The van der Waals surface area contributed by atoms with Gasteiger partial charge in [-0.05, 0) is 6.07 Å². The number of carbonyl (C=O) groups is 1. The molecule has 1 amide bonds. The van der Waals surface area contributed by atoms with Gasteiger partial charge in [0, 0.05) is 52.2 Å². The number of anilines is 1. The van der Waals surface area contributed by atoms with Crippen LogP contribution >= 0.6 is 0 Å². The van der Waals surface area contributed by atoms with Crippen molar-refractivity contribution in [3.8, 4) is 0 Å². The lowest BCUT2D eigenvalue weighted by molar-refractivity contribution is -0.131. The van der Waals surface area contributed by atoms with E-state index in [4.69, 9.17) is 4.74 Å². The topological polar surface area (TPSA) is 95.9 Å². The molecule has 2 rings (SSSR count). The lowest BCUT2D eigenvalue weighted by atomic mass is 10.3. The maximum absolute atomic E-state index is 12.4. The molecule has 1 aliphatic heterocycles. The first kappa shape index (κ1) is 18.6. The van der Waals surface area contributed by atoms with Crippen molar-refractivity contribution in [1.29, 1.82) is 0 Å². The molecule has 0 unspecified atom stereocenters. The number of amides is 1. The number of aromatic nitrogens is 2. The molecule has 0 aromatic carbocycles. The lowest BCUT2D eigenvalue weighted by Crippen LogP contribution is -2.52. The quantitative estimate of drug-likeness (QED) is 0.620. The van der Waals surface area contributed by atoms with Crippen molar-refractivity contribution >= 4 is 21.9 Å². The molecule has 1 aromatic rings. The number of methoxy groups -OCH3 is 1. The Labute approximate surface area is 142 Å². The molecule has 10 heteroatoms. The van der Waals surface area contributed by atoms with Gasteiger partial charge in [0.15, 0.2) is 0 Å². The first-order valence-electron chi connectivity index (χ1n) is 7.65. The van der Waals surface area contributed by atoms with E-state index in [0.717, 1.165) is 10.6 Å². The molecule has 1 aliphatic rings. The van der Waals surface area contributed by atoms with Gasteiger partial charge in [0.25, 0.3) is 0 Å². The Morgan fingerprint density at radius 3 is 2.42 bits per heavy atom. The number of sulfonamides is 1. The standard InChI is InChI=1S/C14H23N5O4S/c1-23-11-10-19(24(2,21)22)12-13(20)17-6-8-18(9-7-17)14-15-4-3-5-16-14/h3-5H,6-12H2,1-2H3. The zero-order valence-corrected chi connectivity index (χ0v) is 14.8. The fourth-order valence-corrected chi connectivity index (χ4v) is 3.17. The van der Waals surface area contributed by atoms with Crippen LogP contribution in [0.1, 0.15) is 0 Å². The maximum Gasteiger partial charge on any atom is 0.238 e. The molecule has 0 atom stereocenters. The Bertz CT molecular complexity index is 632. The van der Waals surface area contributed by atoms with Crippen LogP contribution in [0.15, 0.2) is 18.5 Å². The van der Waals surface area contributed by atoms with E-state index < -0.39 is 10.0 Å². The van der Waals surface area contributed by atoms with E-state index in [2.05, 4.69) is 9.97 Å². The van der Waals surface area contributed by atoms with E-state index in [1.807, 2.05) is 4.90 Å². The van der Waals surface area contributed by atoms with Crippen molar-refractivity contribution in [3.05, 3.63) is 18.5 Å². The SMILES string of the molecule is COCCN(CC(=O)N1CCN(c2ncccn2)CC1)S(C)(=O)=O. The van der Waals surface area contributed by atoms with E-state index in [0.29, 0.717) is 32.1 Å². The summed E-state index contributed by atoms with van der Waals surface area (Å²) in [5.41, 5.74) is 0. The van der Waals surface area contributed by atoms with E-state index in [-0.39, 0.29) is 25.6 Å². The Kier molecular flexibility index (Phi) is 6.46. The normalized spacial score (nSPS) is 15.8. The van der Waals surface area contributed by atoms with Crippen LogP contribution in [0.4, 0.5) is 5.95 Å². The van der Waals surface area contributed by atoms with Gasteiger partial charge in [0.05, 0.1) is 19.4 Å². The molecule has 0 saturated carbocycles. The van der Waals surface area contributed by atoms with Gasteiger partial charge in [-0.2, -0.15) is 4.31 Å². The third-order valence-corrected chi connectivity index (χ3v) is 5.04. The second kappa shape index (κ2) is 8.36. The Morgan fingerprint density at radius 2 is 1.88 bits per heavy atom. The highest BCUT2D eigenvalue weighted by molar-refractivity contribution is 7.88. The lowest BCUT2D eigenvalue weighted by Gasteiger charge is -2.35. The number of piperazine rings is 1. The molecule has 0 bridgehead atoms. The second-order valence-corrected chi connectivity index (χ2v) is 7.49. The average molecular weight is 357 g/mol. The van der Waals surface area contributed by atoms with Crippen molar-refractivity contribution < 1.29 is 17.9 Å². The van der Waals surface area contributed by atoms with Gasteiger partial charge in [-0.25, -0.2) is 18.4 Å². The number of hydrogen-bond donors (Lipinski definition) is 0. The number of hydrogen-bond acceptors (Lipinski definition) is 7. The molecule has 1 saturated heterocycles. The molecule has 134 valence electrons. The molecule has 9 nitrogen and oxygen atoms in total. The van der Waals surface area contributed by atoms with Gasteiger partial charge >= 0.3 is 0 Å². The summed E-state index contributed by atoms with van der Waals surface area (Å²) in [5.74, 6) is 0.438. The number of carbonyl (C=O) groups excluding carboxylic acids is 1. The van der Waals surface area contributed by atoms with Crippen molar-refractivity contribution in [2.75, 3.05) is 64.1 Å². The highest BCUT2D eigenvalue weighted by Gasteiger charge is 2.26. The van der Waals surface area contributed by atoms with E-state index in [1.165, 1.54) is 7.11 Å². The monoisotopic (exact) mass is 357 g/mol. The van der Waals surface area contributed by atoms with Crippen LogP contribution < -0.4 is 4.90 Å².